The fraction of sp³-hybridized carbons (Fsp3) is 0.217. The summed E-state index contributed by atoms with van der Waals surface area (Å²) in [6, 6.07) is 16.1. The molecule has 0 radical (unpaired) electrons. The lowest BCUT2D eigenvalue weighted by Crippen LogP contribution is -2.42. The molecule has 8 nitrogen and oxygen atoms in total. The van der Waals surface area contributed by atoms with Crippen LogP contribution in [0.1, 0.15) is 31.1 Å². The minimum absolute atomic E-state index is 0.295. The van der Waals surface area contributed by atoms with Gasteiger partial charge < -0.3 is 14.8 Å². The van der Waals surface area contributed by atoms with Crippen molar-refractivity contribution in [3.63, 3.8) is 0 Å². The van der Waals surface area contributed by atoms with Gasteiger partial charge in [0.05, 0.1) is 6.61 Å². The molecule has 1 atom stereocenters. The van der Waals surface area contributed by atoms with Crippen molar-refractivity contribution in [2.75, 3.05) is 13.2 Å². The van der Waals surface area contributed by atoms with Crippen LogP contribution in [0.3, 0.4) is 0 Å². The topological polar surface area (TPSA) is 118 Å². The molecule has 0 aliphatic rings. The number of benzene rings is 2. The van der Waals surface area contributed by atoms with Crippen LogP contribution in [-0.2, 0) is 14.3 Å². The molecule has 0 saturated heterocycles. The smallest absolute Gasteiger partial charge is 0.350 e. The molecule has 2 rings (SSSR count). The molecule has 3 amide bonds. The highest BCUT2D eigenvalue weighted by Crippen LogP contribution is 2.21. The molecule has 0 bridgehead atoms. The molecule has 0 aromatic heterocycles. The molecular formula is C23H23N3O5. The van der Waals surface area contributed by atoms with Gasteiger partial charge in [0.2, 0.25) is 6.10 Å². The summed E-state index contributed by atoms with van der Waals surface area (Å²) in [5.41, 5.74) is 0.645. The number of hydrogen-bond donors (Lipinski definition) is 2. The Bertz CT molecular complexity index is 979. The SMILES string of the molecule is CCNC(=O)NC(=O)[C@@H](OC(=O)/C(C#N)=C/c1ccc(OCC)cc1)c1ccccc1. The number of hydrogen-bond acceptors (Lipinski definition) is 6. The number of urea groups is 1. The maximum absolute atomic E-state index is 12.6. The molecule has 0 aliphatic heterocycles. The van der Waals surface area contributed by atoms with Gasteiger partial charge in [-0.3, -0.25) is 10.1 Å². The number of rotatable bonds is 8. The molecule has 31 heavy (non-hydrogen) atoms. The van der Waals surface area contributed by atoms with E-state index >= 15 is 0 Å². The van der Waals surface area contributed by atoms with Gasteiger partial charge in [-0.2, -0.15) is 5.26 Å². The van der Waals surface area contributed by atoms with Gasteiger partial charge >= 0.3 is 12.0 Å². The maximum atomic E-state index is 12.6. The first-order valence-corrected chi connectivity index (χ1v) is 9.67. The lowest BCUT2D eigenvalue weighted by Gasteiger charge is -2.17. The van der Waals surface area contributed by atoms with Crippen molar-refractivity contribution in [3.8, 4) is 11.8 Å². The van der Waals surface area contributed by atoms with Crippen LogP contribution < -0.4 is 15.4 Å². The van der Waals surface area contributed by atoms with Crippen LogP contribution in [0.15, 0.2) is 60.2 Å². The van der Waals surface area contributed by atoms with Crippen molar-refractivity contribution in [1.82, 2.24) is 10.6 Å². The van der Waals surface area contributed by atoms with Crippen LogP contribution in [0, 0.1) is 11.3 Å². The Morgan fingerprint density at radius 3 is 2.32 bits per heavy atom. The van der Waals surface area contributed by atoms with E-state index in [1.165, 1.54) is 6.08 Å². The predicted octanol–water partition coefficient (Wildman–Crippen LogP) is 3.12. The number of nitriles is 1. The van der Waals surface area contributed by atoms with Gasteiger partial charge in [0.15, 0.2) is 0 Å². The third kappa shape index (κ3) is 7.01. The van der Waals surface area contributed by atoms with Crippen LogP contribution in [-0.4, -0.2) is 31.1 Å². The molecule has 2 aromatic rings. The first-order chi connectivity index (χ1) is 15.0. The maximum Gasteiger partial charge on any atom is 0.350 e. The van der Waals surface area contributed by atoms with E-state index in [-0.39, 0.29) is 5.57 Å². The number of nitrogens with zero attached hydrogens (tertiary/aromatic N) is 1. The highest BCUT2D eigenvalue weighted by molar-refractivity contribution is 6.01. The second kappa shape index (κ2) is 11.8. The van der Waals surface area contributed by atoms with Gasteiger partial charge in [0.1, 0.15) is 17.4 Å². The summed E-state index contributed by atoms with van der Waals surface area (Å²) in [6.45, 7) is 4.40. The summed E-state index contributed by atoms with van der Waals surface area (Å²) in [4.78, 5) is 36.9. The highest BCUT2D eigenvalue weighted by Gasteiger charge is 2.27. The number of carbonyl (C=O) groups is 3. The average Bonchev–Trinajstić information content (AvgIpc) is 2.77. The van der Waals surface area contributed by atoms with Gasteiger partial charge in [-0.25, -0.2) is 9.59 Å². The Balaban J connectivity index is 2.23. The zero-order valence-electron chi connectivity index (χ0n) is 17.3. The summed E-state index contributed by atoms with van der Waals surface area (Å²) in [6.07, 6.45) is -0.0599. The van der Waals surface area contributed by atoms with E-state index in [1.54, 1.807) is 67.6 Å². The van der Waals surface area contributed by atoms with Crippen LogP contribution in [0.2, 0.25) is 0 Å². The molecule has 2 N–H and O–H groups in total. The third-order valence-corrected chi connectivity index (χ3v) is 3.98. The minimum Gasteiger partial charge on any atom is -0.494 e. The third-order valence-electron chi connectivity index (χ3n) is 3.98. The second-order valence-corrected chi connectivity index (χ2v) is 6.22. The van der Waals surface area contributed by atoms with Crippen molar-refractivity contribution in [2.45, 2.75) is 20.0 Å². The Labute approximate surface area is 180 Å². The van der Waals surface area contributed by atoms with Crippen LogP contribution >= 0.6 is 0 Å². The molecule has 0 heterocycles. The number of ether oxygens (including phenoxy) is 2. The Kier molecular flexibility index (Phi) is 8.80. The Morgan fingerprint density at radius 1 is 1.06 bits per heavy atom. The van der Waals surface area contributed by atoms with Crippen molar-refractivity contribution < 1.29 is 23.9 Å². The van der Waals surface area contributed by atoms with Crippen molar-refractivity contribution in [3.05, 3.63) is 71.3 Å². The monoisotopic (exact) mass is 421 g/mol. The first-order valence-electron chi connectivity index (χ1n) is 9.67. The molecule has 0 spiro atoms. The number of imide groups is 1. The molecule has 0 aliphatic carbocycles. The molecule has 0 unspecified atom stereocenters. The zero-order valence-corrected chi connectivity index (χ0v) is 17.3. The number of amides is 3. The highest BCUT2D eigenvalue weighted by atomic mass is 16.5. The largest absolute Gasteiger partial charge is 0.494 e. The second-order valence-electron chi connectivity index (χ2n) is 6.22. The lowest BCUT2D eigenvalue weighted by molar-refractivity contribution is -0.152. The Morgan fingerprint density at radius 2 is 1.74 bits per heavy atom. The van der Waals surface area contributed by atoms with Gasteiger partial charge in [0, 0.05) is 12.1 Å². The quantitative estimate of drug-likeness (QED) is 0.384. The Hall–Kier alpha value is -4.12. The summed E-state index contributed by atoms with van der Waals surface area (Å²) in [5, 5.41) is 14.0. The van der Waals surface area contributed by atoms with Gasteiger partial charge in [0.25, 0.3) is 5.91 Å². The van der Waals surface area contributed by atoms with E-state index < -0.39 is 24.0 Å². The van der Waals surface area contributed by atoms with Gasteiger partial charge in [-0.15, -0.1) is 0 Å². The molecule has 8 heteroatoms. The first kappa shape index (κ1) is 23.2. The summed E-state index contributed by atoms with van der Waals surface area (Å²) in [5.74, 6) is -1.16. The standard InChI is InChI=1S/C23H23N3O5/c1-3-25-23(29)26-21(27)20(17-8-6-5-7-9-17)31-22(28)18(15-24)14-16-10-12-19(13-11-16)30-4-2/h5-14,20H,3-4H2,1-2H3,(H2,25,26,27,29)/b18-14+/t20-/m0/s1. The number of nitrogens with one attached hydrogen (secondary N) is 2. The van der Waals surface area contributed by atoms with E-state index in [0.717, 1.165) is 0 Å². The van der Waals surface area contributed by atoms with Crippen LogP contribution in [0.4, 0.5) is 4.79 Å². The van der Waals surface area contributed by atoms with E-state index in [1.807, 2.05) is 6.92 Å². The van der Waals surface area contributed by atoms with E-state index in [4.69, 9.17) is 9.47 Å². The lowest BCUT2D eigenvalue weighted by atomic mass is 10.1. The predicted molar refractivity (Wildman–Crippen MR) is 114 cm³/mol. The summed E-state index contributed by atoms with van der Waals surface area (Å²) < 4.78 is 10.7. The molecule has 0 fully saturated rings. The normalized spacial score (nSPS) is 11.6. The zero-order chi connectivity index (χ0) is 22.6. The van der Waals surface area contributed by atoms with Crippen molar-refractivity contribution in [2.24, 2.45) is 0 Å². The molecule has 2 aromatic carbocycles. The fourth-order valence-electron chi connectivity index (χ4n) is 2.58. The fourth-order valence-corrected chi connectivity index (χ4v) is 2.58. The van der Waals surface area contributed by atoms with E-state index in [2.05, 4.69) is 10.6 Å². The molecule has 160 valence electrons. The summed E-state index contributed by atoms with van der Waals surface area (Å²) >= 11 is 0. The van der Waals surface area contributed by atoms with Crippen molar-refractivity contribution in [1.29, 1.82) is 5.26 Å². The average molecular weight is 421 g/mol. The van der Waals surface area contributed by atoms with Crippen LogP contribution in [0.5, 0.6) is 5.75 Å². The van der Waals surface area contributed by atoms with Crippen LogP contribution in [0.25, 0.3) is 6.08 Å². The molecule has 0 saturated carbocycles. The minimum atomic E-state index is -1.41. The van der Waals surface area contributed by atoms with Gasteiger partial charge in [-0.05, 0) is 37.6 Å². The van der Waals surface area contributed by atoms with Crippen molar-refractivity contribution >= 4 is 24.0 Å². The van der Waals surface area contributed by atoms with E-state index in [0.29, 0.717) is 30.0 Å². The number of esters is 1. The van der Waals surface area contributed by atoms with Gasteiger partial charge in [-0.1, -0.05) is 42.5 Å². The van der Waals surface area contributed by atoms with E-state index in [9.17, 15) is 19.6 Å². The number of carbonyl (C=O) groups excluding carboxylic acids is 3. The molecular weight excluding hydrogens is 398 g/mol. The summed E-state index contributed by atoms with van der Waals surface area (Å²) in [7, 11) is 0.